The van der Waals surface area contributed by atoms with Crippen LogP contribution in [0.3, 0.4) is 0 Å². The minimum absolute atomic E-state index is 0.119. The monoisotopic (exact) mass is 594 g/mol. The summed E-state index contributed by atoms with van der Waals surface area (Å²) in [4.78, 5) is 59.8. The number of rotatable bonds is 6. The summed E-state index contributed by atoms with van der Waals surface area (Å²) >= 11 is 2.28. The molecule has 0 aliphatic carbocycles. The lowest BCUT2D eigenvalue weighted by molar-refractivity contribution is -0.136. The van der Waals surface area contributed by atoms with Crippen LogP contribution in [0.15, 0.2) is 58.4 Å². The van der Waals surface area contributed by atoms with Crippen molar-refractivity contribution in [2.75, 3.05) is 57.3 Å². The van der Waals surface area contributed by atoms with E-state index in [4.69, 9.17) is 9.47 Å². The Balaban J connectivity index is 1.42. The first-order chi connectivity index (χ1) is 19.8. The molecule has 0 unspecified atom stereocenters. The first kappa shape index (κ1) is 27.6. The van der Waals surface area contributed by atoms with Crippen LogP contribution in [-0.4, -0.2) is 79.9 Å². The van der Waals surface area contributed by atoms with Crippen LogP contribution in [0.2, 0.25) is 0 Å². The number of hydrogen-bond acceptors (Lipinski definition) is 9. The van der Waals surface area contributed by atoms with Gasteiger partial charge >= 0.3 is 4.87 Å². The molecule has 0 saturated carbocycles. The number of anilines is 2. The smallest absolute Gasteiger partial charge is 0.308 e. The summed E-state index contributed by atoms with van der Waals surface area (Å²) in [5.74, 6) is -1.39. The Kier molecular flexibility index (Phi) is 7.39. The standard InChI is InChI=1S/C29H30N4O6S2/c1-30(2)18-6-4-17(5-7-18)22-23-24(27(36)33(26(23)35)19-8-10-20(38-3)11-9-19)40-28-25(22)41-29(37)32(28)16-21(34)31-12-14-39-15-13-31/h4-11,22-24H,12-16H2,1-3H3/t22-,23-,24+/m0/s1. The van der Waals surface area contributed by atoms with Crippen LogP contribution >= 0.6 is 23.1 Å². The molecule has 3 atom stereocenters. The summed E-state index contributed by atoms with van der Waals surface area (Å²) in [6.45, 7) is 1.75. The van der Waals surface area contributed by atoms with Gasteiger partial charge in [-0.15, -0.1) is 0 Å². The van der Waals surface area contributed by atoms with E-state index in [1.807, 2.05) is 43.3 Å². The van der Waals surface area contributed by atoms with Gasteiger partial charge in [0.25, 0.3) is 0 Å². The van der Waals surface area contributed by atoms with Crippen LogP contribution in [0.4, 0.5) is 11.4 Å². The average Bonchev–Trinajstić information content (AvgIpc) is 3.43. The molecule has 1 aromatic heterocycles. The average molecular weight is 595 g/mol. The maximum atomic E-state index is 14.0. The zero-order chi connectivity index (χ0) is 28.8. The fraction of sp³-hybridized carbons (Fsp3) is 0.379. The van der Waals surface area contributed by atoms with Gasteiger partial charge < -0.3 is 19.3 Å². The molecule has 0 radical (unpaired) electrons. The van der Waals surface area contributed by atoms with Crippen molar-refractivity contribution in [3.8, 4) is 5.75 Å². The van der Waals surface area contributed by atoms with Gasteiger partial charge in [-0.05, 0) is 42.0 Å². The molecular weight excluding hydrogens is 564 g/mol. The van der Waals surface area contributed by atoms with Crippen molar-refractivity contribution in [1.29, 1.82) is 0 Å². The number of aromatic nitrogens is 1. The highest BCUT2D eigenvalue weighted by molar-refractivity contribution is 8.00. The van der Waals surface area contributed by atoms with Gasteiger partial charge in [0.1, 0.15) is 17.5 Å². The first-order valence-electron chi connectivity index (χ1n) is 13.3. The number of benzene rings is 2. The summed E-state index contributed by atoms with van der Waals surface area (Å²) in [6.07, 6.45) is 0. The van der Waals surface area contributed by atoms with E-state index >= 15 is 0 Å². The lowest BCUT2D eigenvalue weighted by atomic mass is 9.83. The number of nitrogens with zero attached hydrogens (tertiary/aromatic N) is 4. The van der Waals surface area contributed by atoms with Crippen molar-refractivity contribution in [3.05, 3.63) is 68.6 Å². The maximum Gasteiger partial charge on any atom is 0.308 e. The van der Waals surface area contributed by atoms with Crippen LogP contribution in [0.5, 0.6) is 5.75 Å². The van der Waals surface area contributed by atoms with E-state index < -0.39 is 17.1 Å². The molecule has 3 aliphatic rings. The van der Waals surface area contributed by atoms with Crippen molar-refractivity contribution in [2.45, 2.75) is 22.7 Å². The largest absolute Gasteiger partial charge is 0.497 e. The predicted molar refractivity (Wildman–Crippen MR) is 157 cm³/mol. The Morgan fingerprint density at radius 1 is 1.00 bits per heavy atom. The molecule has 3 amide bonds. The first-order valence-corrected chi connectivity index (χ1v) is 15.0. The Hall–Kier alpha value is -3.61. The topological polar surface area (TPSA) is 101 Å². The highest BCUT2D eigenvalue weighted by Crippen LogP contribution is 2.54. The minimum Gasteiger partial charge on any atom is -0.497 e. The zero-order valence-electron chi connectivity index (χ0n) is 22.9. The van der Waals surface area contributed by atoms with Crippen molar-refractivity contribution < 1.29 is 23.9 Å². The molecule has 2 fully saturated rings. The molecule has 2 aromatic carbocycles. The fourth-order valence-electron chi connectivity index (χ4n) is 5.63. The van der Waals surface area contributed by atoms with Gasteiger partial charge in [0, 0.05) is 43.7 Å². The van der Waals surface area contributed by atoms with E-state index in [9.17, 15) is 19.2 Å². The molecule has 0 spiro atoms. The number of amides is 3. The van der Waals surface area contributed by atoms with Crippen molar-refractivity contribution >= 4 is 52.2 Å². The third kappa shape index (κ3) is 4.83. The normalized spacial score (nSPS) is 22.0. The molecule has 3 aromatic rings. The van der Waals surface area contributed by atoms with Crippen LogP contribution in [0, 0.1) is 5.92 Å². The van der Waals surface area contributed by atoms with Gasteiger partial charge in [-0.1, -0.05) is 35.2 Å². The molecule has 10 nitrogen and oxygen atoms in total. The molecule has 2 saturated heterocycles. The number of hydrogen-bond donors (Lipinski definition) is 0. The van der Waals surface area contributed by atoms with Gasteiger partial charge in [-0.2, -0.15) is 0 Å². The number of ether oxygens (including phenoxy) is 2. The summed E-state index contributed by atoms with van der Waals surface area (Å²) in [5.41, 5.74) is 2.31. The summed E-state index contributed by atoms with van der Waals surface area (Å²) < 4.78 is 12.1. The number of fused-ring (bicyclic) bond motifs is 2. The predicted octanol–water partition coefficient (Wildman–Crippen LogP) is 2.64. The van der Waals surface area contributed by atoms with E-state index in [0.29, 0.717) is 47.6 Å². The molecule has 214 valence electrons. The molecule has 41 heavy (non-hydrogen) atoms. The van der Waals surface area contributed by atoms with Crippen molar-refractivity contribution in [2.24, 2.45) is 5.92 Å². The highest BCUT2D eigenvalue weighted by atomic mass is 32.2. The van der Waals surface area contributed by atoms with E-state index in [1.54, 1.807) is 36.3 Å². The summed E-state index contributed by atoms with van der Waals surface area (Å²) in [7, 11) is 5.45. The second kappa shape index (κ2) is 11.0. The number of imide groups is 1. The maximum absolute atomic E-state index is 14.0. The SMILES string of the molecule is COc1ccc(N2C(=O)[C@H]3[C@H](c4ccc(N(C)C)cc4)c4sc(=O)n(CC(=O)N5CCOCC5)c4S[C@H]3C2=O)cc1. The lowest BCUT2D eigenvalue weighted by Crippen LogP contribution is -2.43. The number of thioether (sulfide) groups is 1. The summed E-state index contributed by atoms with van der Waals surface area (Å²) in [6, 6.07) is 14.7. The van der Waals surface area contributed by atoms with Crippen LogP contribution in [0.25, 0.3) is 0 Å². The highest BCUT2D eigenvalue weighted by Gasteiger charge is 2.56. The number of carbonyl (C=O) groups is 3. The van der Waals surface area contributed by atoms with E-state index in [-0.39, 0.29) is 29.1 Å². The molecule has 0 bridgehead atoms. The van der Waals surface area contributed by atoms with Gasteiger partial charge in [0.05, 0.1) is 37.0 Å². The zero-order valence-corrected chi connectivity index (χ0v) is 24.6. The molecule has 0 N–H and O–H groups in total. The van der Waals surface area contributed by atoms with Gasteiger partial charge in [0.15, 0.2) is 0 Å². The third-order valence-electron chi connectivity index (χ3n) is 7.81. The van der Waals surface area contributed by atoms with E-state index in [1.165, 1.54) is 21.2 Å². The third-order valence-corrected chi connectivity index (χ3v) is 10.4. The molecule has 3 aliphatic heterocycles. The molecule has 12 heteroatoms. The van der Waals surface area contributed by atoms with Crippen LogP contribution in [-0.2, 0) is 25.7 Å². The summed E-state index contributed by atoms with van der Waals surface area (Å²) in [5, 5.41) is -0.156. The number of methoxy groups -OCH3 is 1. The minimum atomic E-state index is -0.741. The van der Waals surface area contributed by atoms with Crippen molar-refractivity contribution in [1.82, 2.24) is 9.47 Å². The molecular formula is C29H30N4O6S2. The second-order valence-electron chi connectivity index (χ2n) is 10.4. The van der Waals surface area contributed by atoms with Crippen molar-refractivity contribution in [3.63, 3.8) is 0 Å². The van der Waals surface area contributed by atoms with E-state index in [2.05, 4.69) is 0 Å². The fourth-order valence-corrected chi connectivity index (χ4v) is 8.40. The lowest BCUT2D eigenvalue weighted by Gasteiger charge is -2.31. The Labute approximate surface area is 245 Å². The quantitative estimate of drug-likeness (QED) is 0.402. The van der Waals surface area contributed by atoms with Gasteiger partial charge in [-0.25, -0.2) is 4.90 Å². The molecule has 4 heterocycles. The van der Waals surface area contributed by atoms with Crippen LogP contribution < -0.4 is 19.4 Å². The Morgan fingerprint density at radius 2 is 1.68 bits per heavy atom. The number of morpholine rings is 1. The van der Waals surface area contributed by atoms with Crippen LogP contribution in [0.1, 0.15) is 16.4 Å². The number of carbonyl (C=O) groups excluding carboxylic acids is 3. The molecule has 6 rings (SSSR count). The van der Waals surface area contributed by atoms with E-state index in [0.717, 1.165) is 22.6 Å². The van der Waals surface area contributed by atoms with Gasteiger partial charge in [0.2, 0.25) is 17.7 Å². The number of thiazole rings is 1. The second-order valence-corrected chi connectivity index (χ2v) is 12.5. The van der Waals surface area contributed by atoms with Gasteiger partial charge in [-0.3, -0.25) is 23.7 Å². The Morgan fingerprint density at radius 3 is 2.32 bits per heavy atom. The Bertz CT molecular complexity index is 1540.